The lowest BCUT2D eigenvalue weighted by Gasteiger charge is -1.92. The topological polar surface area (TPSA) is 129 Å². The van der Waals surface area contributed by atoms with Crippen molar-refractivity contribution in [3.8, 4) is 0 Å². The Morgan fingerprint density at radius 1 is 1.50 bits per heavy atom. The van der Waals surface area contributed by atoms with Crippen LogP contribution < -0.4 is 17.2 Å². The number of rotatable bonds is 2. The fraction of sp³-hybridized carbons (Fsp3) is 0.286. The predicted octanol–water partition coefficient (Wildman–Crippen LogP) is -0.929. The van der Waals surface area contributed by atoms with Crippen LogP contribution in [0.15, 0.2) is 20.6 Å². The SMILES string of the molecule is Cc1cnc(CN=C(N)N=C(N)N)o1. The van der Waals surface area contributed by atoms with Crippen molar-refractivity contribution in [3.05, 3.63) is 17.8 Å². The van der Waals surface area contributed by atoms with Crippen molar-refractivity contribution in [1.29, 1.82) is 0 Å². The number of nitrogens with two attached hydrogens (primary N) is 3. The molecule has 7 nitrogen and oxygen atoms in total. The zero-order valence-corrected chi connectivity index (χ0v) is 7.77. The van der Waals surface area contributed by atoms with Gasteiger partial charge >= 0.3 is 0 Å². The van der Waals surface area contributed by atoms with E-state index in [1.807, 2.05) is 0 Å². The van der Waals surface area contributed by atoms with Crippen molar-refractivity contribution in [3.63, 3.8) is 0 Å². The monoisotopic (exact) mass is 196 g/mol. The highest BCUT2D eigenvalue weighted by Crippen LogP contribution is 2.02. The first-order valence-electron chi connectivity index (χ1n) is 3.89. The Hall–Kier alpha value is -2.05. The number of hydrogen-bond acceptors (Lipinski definition) is 3. The van der Waals surface area contributed by atoms with Crippen molar-refractivity contribution >= 4 is 11.9 Å². The third kappa shape index (κ3) is 3.13. The first-order valence-corrected chi connectivity index (χ1v) is 3.89. The van der Waals surface area contributed by atoms with E-state index in [1.54, 1.807) is 13.1 Å². The van der Waals surface area contributed by atoms with E-state index in [-0.39, 0.29) is 18.5 Å². The van der Waals surface area contributed by atoms with Gasteiger partial charge in [0.2, 0.25) is 11.9 Å². The molecule has 0 atom stereocenters. The van der Waals surface area contributed by atoms with Gasteiger partial charge in [-0.15, -0.1) is 0 Å². The highest BCUT2D eigenvalue weighted by Gasteiger charge is 1.98. The average Bonchev–Trinajstić information content (AvgIpc) is 2.47. The zero-order valence-electron chi connectivity index (χ0n) is 7.77. The van der Waals surface area contributed by atoms with Crippen molar-refractivity contribution in [2.75, 3.05) is 0 Å². The van der Waals surface area contributed by atoms with Crippen LogP contribution in [0, 0.1) is 6.92 Å². The van der Waals surface area contributed by atoms with Gasteiger partial charge in [-0.05, 0) is 6.92 Å². The van der Waals surface area contributed by atoms with Gasteiger partial charge in [-0.3, -0.25) is 0 Å². The molecule has 76 valence electrons. The Morgan fingerprint density at radius 3 is 2.71 bits per heavy atom. The molecule has 1 heterocycles. The molecule has 1 rings (SSSR count). The molecule has 0 aliphatic heterocycles. The molecule has 0 unspecified atom stereocenters. The van der Waals surface area contributed by atoms with Gasteiger partial charge in [-0.2, -0.15) is 4.99 Å². The third-order valence-corrected chi connectivity index (χ3v) is 1.29. The van der Waals surface area contributed by atoms with Crippen LogP contribution in [0.4, 0.5) is 0 Å². The highest BCUT2D eigenvalue weighted by molar-refractivity contribution is 5.92. The summed E-state index contributed by atoms with van der Waals surface area (Å²) >= 11 is 0. The van der Waals surface area contributed by atoms with Gasteiger partial charge in [0, 0.05) is 0 Å². The van der Waals surface area contributed by atoms with Gasteiger partial charge in [-0.1, -0.05) is 0 Å². The smallest absolute Gasteiger partial charge is 0.219 e. The minimum absolute atomic E-state index is 0.000790. The molecule has 0 amide bonds. The normalized spacial score (nSPS) is 11.4. The van der Waals surface area contributed by atoms with E-state index in [2.05, 4.69) is 15.0 Å². The minimum atomic E-state index is -0.130. The lowest BCUT2D eigenvalue weighted by atomic mass is 10.6. The quantitative estimate of drug-likeness (QED) is 0.415. The second kappa shape index (κ2) is 4.26. The molecule has 1 aromatic rings. The van der Waals surface area contributed by atoms with Gasteiger partial charge in [0.05, 0.1) is 6.20 Å². The number of guanidine groups is 2. The van der Waals surface area contributed by atoms with Crippen LogP contribution in [0.3, 0.4) is 0 Å². The minimum Gasteiger partial charge on any atom is -0.444 e. The summed E-state index contributed by atoms with van der Waals surface area (Å²) in [6.07, 6.45) is 1.60. The molecule has 7 heteroatoms. The molecule has 0 fully saturated rings. The van der Waals surface area contributed by atoms with Crippen molar-refractivity contribution in [2.45, 2.75) is 13.5 Å². The summed E-state index contributed by atoms with van der Waals surface area (Å²) in [5.74, 6) is 1.06. The molecule has 0 saturated carbocycles. The van der Waals surface area contributed by atoms with E-state index >= 15 is 0 Å². The Labute approximate surface area is 80.7 Å². The van der Waals surface area contributed by atoms with E-state index < -0.39 is 0 Å². The van der Waals surface area contributed by atoms with E-state index in [0.29, 0.717) is 5.89 Å². The van der Waals surface area contributed by atoms with Crippen LogP contribution in [0.25, 0.3) is 0 Å². The maximum Gasteiger partial charge on any atom is 0.219 e. The van der Waals surface area contributed by atoms with E-state index in [4.69, 9.17) is 21.6 Å². The van der Waals surface area contributed by atoms with Crippen LogP contribution in [-0.2, 0) is 6.54 Å². The maximum atomic E-state index is 5.36. The molecule has 1 aromatic heterocycles. The van der Waals surface area contributed by atoms with Crippen LogP contribution in [0.2, 0.25) is 0 Å². The Kier molecular flexibility index (Phi) is 3.05. The molecule has 14 heavy (non-hydrogen) atoms. The van der Waals surface area contributed by atoms with Crippen molar-refractivity contribution in [2.24, 2.45) is 27.2 Å². The average molecular weight is 196 g/mol. The number of oxazole rings is 1. The Bertz CT molecular complexity index is 362. The third-order valence-electron chi connectivity index (χ3n) is 1.29. The Morgan fingerprint density at radius 2 is 2.21 bits per heavy atom. The maximum absolute atomic E-state index is 5.36. The number of aliphatic imine (C=N–C) groups is 2. The second-order valence-electron chi connectivity index (χ2n) is 2.58. The van der Waals surface area contributed by atoms with Gasteiger partial charge in [0.25, 0.3) is 0 Å². The summed E-state index contributed by atoms with van der Waals surface area (Å²) in [5.41, 5.74) is 15.6. The fourth-order valence-corrected chi connectivity index (χ4v) is 0.791. The first kappa shape index (κ1) is 10.0. The van der Waals surface area contributed by atoms with Crippen molar-refractivity contribution < 1.29 is 4.42 Å². The zero-order chi connectivity index (χ0) is 10.6. The molecular formula is C7H12N6O. The standard InChI is InChI=1S/C7H12N6O/c1-4-2-11-5(14-4)3-12-7(10)13-6(8)9/h2H,3H2,1H3,(H6,8,9,10,12,13). The number of hydrogen-bond donors (Lipinski definition) is 3. The summed E-state index contributed by atoms with van der Waals surface area (Å²) in [7, 11) is 0. The Balaban J connectivity index is 2.59. The largest absolute Gasteiger partial charge is 0.444 e. The molecule has 0 aromatic carbocycles. The molecule has 0 aliphatic carbocycles. The van der Waals surface area contributed by atoms with Crippen LogP contribution in [-0.4, -0.2) is 16.9 Å². The molecule has 0 aliphatic rings. The summed E-state index contributed by atoms with van der Waals surface area (Å²) in [5, 5.41) is 0. The molecule has 6 N–H and O–H groups in total. The van der Waals surface area contributed by atoms with E-state index in [0.717, 1.165) is 5.76 Å². The lowest BCUT2D eigenvalue weighted by molar-refractivity contribution is 0.474. The molecule has 0 radical (unpaired) electrons. The molecule has 0 saturated heterocycles. The van der Waals surface area contributed by atoms with Gasteiger partial charge in [0.1, 0.15) is 12.3 Å². The van der Waals surface area contributed by atoms with E-state index in [9.17, 15) is 0 Å². The van der Waals surface area contributed by atoms with Crippen LogP contribution in [0.5, 0.6) is 0 Å². The summed E-state index contributed by atoms with van der Waals surface area (Å²) < 4.78 is 5.15. The molecule has 0 bridgehead atoms. The van der Waals surface area contributed by atoms with Gasteiger partial charge in [0.15, 0.2) is 5.96 Å². The summed E-state index contributed by atoms with van der Waals surface area (Å²) in [4.78, 5) is 11.3. The summed E-state index contributed by atoms with van der Waals surface area (Å²) in [6, 6.07) is 0. The van der Waals surface area contributed by atoms with Gasteiger partial charge < -0.3 is 21.6 Å². The fourth-order valence-electron chi connectivity index (χ4n) is 0.791. The highest BCUT2D eigenvalue weighted by atomic mass is 16.4. The number of nitrogens with zero attached hydrogens (tertiary/aromatic N) is 3. The van der Waals surface area contributed by atoms with Crippen molar-refractivity contribution in [1.82, 2.24) is 4.98 Å². The van der Waals surface area contributed by atoms with Crippen LogP contribution >= 0.6 is 0 Å². The first-order chi connectivity index (χ1) is 6.58. The lowest BCUT2D eigenvalue weighted by Crippen LogP contribution is -2.26. The molecule has 0 spiro atoms. The number of aromatic nitrogens is 1. The number of aryl methyl sites for hydroxylation is 1. The second-order valence-corrected chi connectivity index (χ2v) is 2.58. The molecular weight excluding hydrogens is 184 g/mol. The summed E-state index contributed by atoms with van der Waals surface area (Å²) in [6.45, 7) is 2.01. The van der Waals surface area contributed by atoms with E-state index in [1.165, 1.54) is 0 Å². The van der Waals surface area contributed by atoms with Gasteiger partial charge in [-0.25, -0.2) is 9.98 Å². The predicted molar refractivity (Wildman–Crippen MR) is 52.4 cm³/mol. The van der Waals surface area contributed by atoms with Crippen LogP contribution in [0.1, 0.15) is 11.7 Å².